The topological polar surface area (TPSA) is 94.3 Å². The molecule has 10 heteroatoms. The Bertz CT molecular complexity index is 1310. The molecule has 0 saturated carbocycles. The van der Waals surface area contributed by atoms with Crippen LogP contribution in [0.25, 0.3) is 16.3 Å². The molecular formula is C21H21F2N3O3S2. The van der Waals surface area contributed by atoms with Crippen LogP contribution in [-0.2, 0) is 10.0 Å². The quantitative estimate of drug-likeness (QED) is 0.495. The van der Waals surface area contributed by atoms with Gasteiger partial charge in [0.2, 0.25) is 10.0 Å². The minimum Gasteiger partial charge on any atom is -0.431 e. The molecule has 1 atom stereocenters. The molecule has 6 nitrogen and oxygen atoms in total. The summed E-state index contributed by atoms with van der Waals surface area (Å²) >= 11 is 1.34. The fourth-order valence-electron chi connectivity index (χ4n) is 3.86. The molecule has 0 aliphatic heterocycles. The number of allylic oxidation sites excluding steroid dienone is 1. The number of alkyl halides is 2. The SMILES string of the molecule is CC[C@@H]1C(C)=Cc2ccc3sc(Nc4cc(S(N)(=O)=O)ccc4OC(C)(F)F)nc3c21. The first-order valence-electron chi connectivity index (χ1n) is 9.58. The van der Waals surface area contributed by atoms with Crippen molar-refractivity contribution < 1.29 is 21.9 Å². The van der Waals surface area contributed by atoms with Crippen LogP contribution in [0.2, 0.25) is 0 Å². The van der Waals surface area contributed by atoms with E-state index in [9.17, 15) is 17.2 Å². The maximum Gasteiger partial charge on any atom is 0.394 e. The van der Waals surface area contributed by atoms with Crippen LogP contribution < -0.4 is 15.2 Å². The number of rotatable bonds is 6. The van der Waals surface area contributed by atoms with Gasteiger partial charge in [-0.15, -0.1) is 0 Å². The van der Waals surface area contributed by atoms with Crippen molar-refractivity contribution in [3.05, 3.63) is 47.0 Å². The largest absolute Gasteiger partial charge is 0.431 e. The number of nitrogens with two attached hydrogens (primary N) is 1. The van der Waals surface area contributed by atoms with E-state index < -0.39 is 16.1 Å². The number of sulfonamides is 1. The van der Waals surface area contributed by atoms with Crippen LogP contribution in [0.1, 0.15) is 44.2 Å². The first-order valence-corrected chi connectivity index (χ1v) is 11.9. The Morgan fingerprint density at radius 1 is 1.29 bits per heavy atom. The van der Waals surface area contributed by atoms with Crippen molar-refractivity contribution in [3.63, 3.8) is 0 Å². The number of ether oxygens (including phenoxy) is 1. The third-order valence-electron chi connectivity index (χ3n) is 5.13. The first kappa shape index (κ1) is 21.7. The molecule has 0 unspecified atom stereocenters. The number of halogens is 2. The van der Waals surface area contributed by atoms with Gasteiger partial charge < -0.3 is 10.1 Å². The molecular weight excluding hydrogens is 444 g/mol. The number of hydrogen-bond donors (Lipinski definition) is 2. The molecule has 0 amide bonds. The predicted molar refractivity (Wildman–Crippen MR) is 119 cm³/mol. The molecule has 1 aliphatic carbocycles. The zero-order chi connectivity index (χ0) is 22.6. The number of aromatic nitrogens is 1. The van der Waals surface area contributed by atoms with E-state index in [0.717, 1.165) is 46.0 Å². The lowest BCUT2D eigenvalue weighted by Gasteiger charge is -2.17. The van der Waals surface area contributed by atoms with Gasteiger partial charge in [-0.3, -0.25) is 0 Å². The number of hydrogen-bond acceptors (Lipinski definition) is 6. The van der Waals surface area contributed by atoms with Crippen LogP contribution >= 0.6 is 11.3 Å². The lowest BCUT2D eigenvalue weighted by Crippen LogP contribution is -2.20. The summed E-state index contributed by atoms with van der Waals surface area (Å²) in [7, 11) is -4.03. The molecule has 0 fully saturated rings. The van der Waals surface area contributed by atoms with Gasteiger partial charge >= 0.3 is 6.11 Å². The molecule has 4 rings (SSSR count). The molecule has 3 N–H and O–H groups in total. The van der Waals surface area contributed by atoms with Gasteiger partial charge in [0.25, 0.3) is 0 Å². The summed E-state index contributed by atoms with van der Waals surface area (Å²) in [6, 6.07) is 7.44. The Morgan fingerprint density at radius 2 is 2.03 bits per heavy atom. The van der Waals surface area contributed by atoms with Crippen LogP contribution in [0.5, 0.6) is 5.75 Å². The zero-order valence-corrected chi connectivity index (χ0v) is 18.7. The number of nitrogens with one attached hydrogen (secondary N) is 1. The standard InChI is InChI=1S/C21H21F2N3O3S2/c1-4-14-11(2)9-12-5-8-17-19(18(12)14)26-20(30-17)25-15-10-13(31(24,27)28)6-7-16(15)29-21(3,22)23/h5-10,14H,4H2,1-3H3,(H,25,26)(H2,24,27,28)/t14-/m1/s1. The average Bonchev–Trinajstić information content (AvgIpc) is 3.20. The second kappa shape index (κ2) is 7.54. The van der Waals surface area contributed by atoms with Crippen molar-refractivity contribution in [2.75, 3.05) is 5.32 Å². The van der Waals surface area contributed by atoms with Crippen molar-refractivity contribution >= 4 is 48.5 Å². The van der Waals surface area contributed by atoms with Crippen molar-refractivity contribution in [3.8, 4) is 5.75 Å². The number of fused-ring (bicyclic) bond motifs is 3. The number of benzene rings is 2. The normalized spacial score (nSPS) is 16.3. The van der Waals surface area contributed by atoms with E-state index in [1.165, 1.54) is 16.9 Å². The summed E-state index contributed by atoms with van der Waals surface area (Å²) in [5.74, 6) is 0.0605. The minimum atomic E-state index is -4.03. The summed E-state index contributed by atoms with van der Waals surface area (Å²) in [5, 5.41) is 8.57. The average molecular weight is 466 g/mol. The summed E-state index contributed by atoms with van der Waals surface area (Å²) in [5.41, 5.74) is 4.42. The fraction of sp³-hybridized carbons (Fsp3) is 0.286. The summed E-state index contributed by atoms with van der Waals surface area (Å²) in [6.07, 6.45) is -0.361. The van der Waals surface area contributed by atoms with Crippen LogP contribution in [-0.4, -0.2) is 19.5 Å². The Labute approximate surface area is 182 Å². The van der Waals surface area contributed by atoms with Gasteiger partial charge in [-0.2, -0.15) is 8.78 Å². The molecule has 0 radical (unpaired) electrons. The summed E-state index contributed by atoms with van der Waals surface area (Å²) in [4.78, 5) is 4.46. The molecule has 3 aromatic rings. The van der Waals surface area contributed by atoms with E-state index in [1.54, 1.807) is 0 Å². The highest BCUT2D eigenvalue weighted by Crippen LogP contribution is 2.44. The van der Waals surface area contributed by atoms with Gasteiger partial charge in [0, 0.05) is 12.8 Å². The van der Waals surface area contributed by atoms with Gasteiger partial charge in [0.05, 0.1) is 20.8 Å². The smallest absolute Gasteiger partial charge is 0.394 e. The molecule has 1 aromatic heterocycles. The van der Waals surface area contributed by atoms with E-state index in [2.05, 4.69) is 25.2 Å². The van der Waals surface area contributed by atoms with Crippen molar-refractivity contribution in [2.24, 2.45) is 5.14 Å². The van der Waals surface area contributed by atoms with Gasteiger partial charge in [-0.1, -0.05) is 36.0 Å². The van der Waals surface area contributed by atoms with E-state index in [0.29, 0.717) is 12.1 Å². The minimum absolute atomic E-state index is 0.0325. The van der Waals surface area contributed by atoms with E-state index in [-0.39, 0.29) is 22.3 Å². The van der Waals surface area contributed by atoms with Gasteiger partial charge in [-0.05, 0) is 48.7 Å². The van der Waals surface area contributed by atoms with E-state index in [4.69, 9.17) is 14.9 Å². The summed E-state index contributed by atoms with van der Waals surface area (Å²) < 4.78 is 56.1. The van der Waals surface area contributed by atoms with E-state index in [1.807, 2.05) is 12.1 Å². The summed E-state index contributed by atoms with van der Waals surface area (Å²) in [6.45, 7) is 4.82. The van der Waals surface area contributed by atoms with Crippen LogP contribution in [0, 0.1) is 0 Å². The van der Waals surface area contributed by atoms with Gasteiger partial charge in [0.1, 0.15) is 5.75 Å². The monoisotopic (exact) mass is 465 g/mol. The third kappa shape index (κ3) is 4.28. The van der Waals surface area contributed by atoms with Gasteiger partial charge in [0.15, 0.2) is 5.13 Å². The van der Waals surface area contributed by atoms with Crippen molar-refractivity contribution in [2.45, 2.75) is 44.1 Å². The highest BCUT2D eigenvalue weighted by molar-refractivity contribution is 7.89. The molecule has 0 saturated heterocycles. The lowest BCUT2D eigenvalue weighted by atomic mass is 9.93. The zero-order valence-electron chi connectivity index (χ0n) is 17.1. The van der Waals surface area contributed by atoms with Crippen LogP contribution in [0.15, 0.2) is 40.8 Å². The second-order valence-corrected chi connectivity index (χ2v) is 10.1. The van der Waals surface area contributed by atoms with E-state index >= 15 is 0 Å². The molecule has 0 bridgehead atoms. The molecule has 2 aromatic carbocycles. The Kier molecular flexibility index (Phi) is 5.27. The number of nitrogens with zero attached hydrogens (tertiary/aromatic N) is 1. The number of primary sulfonamides is 1. The first-order chi connectivity index (χ1) is 14.5. The second-order valence-electron chi connectivity index (χ2n) is 7.52. The van der Waals surface area contributed by atoms with Crippen molar-refractivity contribution in [1.29, 1.82) is 0 Å². The van der Waals surface area contributed by atoms with Crippen LogP contribution in [0.3, 0.4) is 0 Å². The molecule has 1 heterocycles. The third-order valence-corrected chi connectivity index (χ3v) is 6.98. The highest BCUT2D eigenvalue weighted by atomic mass is 32.2. The molecule has 164 valence electrons. The van der Waals surface area contributed by atoms with Crippen LogP contribution in [0.4, 0.5) is 19.6 Å². The Hall–Kier alpha value is -2.56. The number of anilines is 2. The maximum absolute atomic E-state index is 13.5. The molecule has 1 aliphatic rings. The van der Waals surface area contributed by atoms with Gasteiger partial charge in [-0.25, -0.2) is 18.5 Å². The molecule has 0 spiro atoms. The predicted octanol–water partition coefficient (Wildman–Crippen LogP) is 5.59. The maximum atomic E-state index is 13.5. The highest BCUT2D eigenvalue weighted by Gasteiger charge is 2.27. The fourth-order valence-corrected chi connectivity index (χ4v) is 5.29. The van der Waals surface area contributed by atoms with Crippen molar-refractivity contribution in [1.82, 2.24) is 4.98 Å². The molecule has 31 heavy (non-hydrogen) atoms. The Balaban J connectivity index is 1.78. The Morgan fingerprint density at radius 3 is 2.68 bits per heavy atom. The lowest BCUT2D eigenvalue weighted by molar-refractivity contribution is -0.158. The number of thiazole rings is 1.